The van der Waals surface area contributed by atoms with Gasteiger partial charge in [-0.3, -0.25) is 0 Å². The molecule has 0 aliphatic rings. The first-order chi connectivity index (χ1) is 12.9. The molecule has 1 aromatic heterocycles. The number of benzene rings is 2. The van der Waals surface area contributed by atoms with Crippen LogP contribution in [-0.2, 0) is 6.67 Å². The Labute approximate surface area is 157 Å². The van der Waals surface area contributed by atoms with Crippen LogP contribution in [0.1, 0.15) is 22.6 Å². The third kappa shape index (κ3) is 4.74. The Kier molecular flexibility index (Phi) is 5.60. The molecule has 0 saturated heterocycles. The van der Waals surface area contributed by atoms with Gasteiger partial charge < -0.3 is 0 Å². The van der Waals surface area contributed by atoms with Crippen molar-refractivity contribution in [1.82, 2.24) is 14.8 Å². The fourth-order valence-electron chi connectivity index (χ4n) is 2.63. The topological polar surface area (TPSA) is 30.7 Å². The fraction of sp³-hybridized carbons (Fsp3) is 0.158. The van der Waals surface area contributed by atoms with Crippen LogP contribution in [0.3, 0.4) is 0 Å². The molecule has 0 aliphatic heterocycles. The van der Waals surface area contributed by atoms with Crippen LogP contribution in [0.5, 0.6) is 0 Å². The van der Waals surface area contributed by atoms with E-state index in [0.29, 0.717) is 5.56 Å². The van der Waals surface area contributed by atoms with Crippen LogP contribution in [0.2, 0.25) is 5.02 Å². The van der Waals surface area contributed by atoms with Crippen molar-refractivity contribution in [3.63, 3.8) is 0 Å². The Morgan fingerprint density at radius 2 is 1.85 bits per heavy atom. The van der Waals surface area contributed by atoms with Crippen LogP contribution in [0.15, 0.2) is 61.2 Å². The normalized spacial score (nSPS) is 13.2. The molecule has 140 valence electrons. The molecule has 0 saturated carbocycles. The van der Waals surface area contributed by atoms with Gasteiger partial charge in [-0.25, -0.2) is 14.1 Å². The zero-order valence-electron chi connectivity index (χ0n) is 13.9. The second kappa shape index (κ2) is 7.92. The van der Waals surface area contributed by atoms with Crippen LogP contribution >= 0.6 is 11.6 Å². The lowest BCUT2D eigenvalue weighted by Crippen LogP contribution is -2.19. The van der Waals surface area contributed by atoms with E-state index in [4.69, 9.17) is 11.6 Å². The van der Waals surface area contributed by atoms with E-state index in [1.807, 2.05) is 0 Å². The van der Waals surface area contributed by atoms with Gasteiger partial charge in [0.15, 0.2) is 0 Å². The largest absolute Gasteiger partial charge is 0.399 e. The van der Waals surface area contributed by atoms with Gasteiger partial charge in [-0.2, -0.15) is 18.3 Å². The Balaban J connectivity index is 1.88. The van der Waals surface area contributed by atoms with Gasteiger partial charge in [-0.1, -0.05) is 42.0 Å². The number of nitrogens with zero attached hydrogens (tertiary/aromatic N) is 3. The highest BCUT2D eigenvalue weighted by Gasteiger charge is 2.39. The lowest BCUT2D eigenvalue weighted by molar-refractivity contribution is -0.139. The quantitative estimate of drug-likeness (QED) is 0.515. The molecule has 0 N–H and O–H groups in total. The number of halogens is 5. The van der Waals surface area contributed by atoms with Crippen molar-refractivity contribution in [2.45, 2.75) is 18.8 Å². The van der Waals surface area contributed by atoms with E-state index in [0.717, 1.165) is 11.8 Å². The van der Waals surface area contributed by atoms with Gasteiger partial charge in [0.2, 0.25) is 0 Å². The number of rotatable bonds is 5. The molecular formula is C19H14ClF4N3. The van der Waals surface area contributed by atoms with Crippen molar-refractivity contribution in [1.29, 1.82) is 0 Å². The Hall–Kier alpha value is -2.67. The van der Waals surface area contributed by atoms with Crippen LogP contribution in [-0.4, -0.2) is 20.9 Å². The molecule has 3 aromatic rings. The SMILES string of the molecule is FCc1cc(Cl)cc(C(/C=C/c2ccc(-n3cncn3)cc2)C(F)(F)F)c1. The molecule has 8 heteroatoms. The second-order valence-electron chi connectivity index (χ2n) is 5.84. The minimum absolute atomic E-state index is 0.0694. The first-order valence-electron chi connectivity index (χ1n) is 7.92. The smallest absolute Gasteiger partial charge is 0.246 e. The minimum Gasteiger partial charge on any atom is -0.246 e. The average Bonchev–Trinajstić information content (AvgIpc) is 3.15. The van der Waals surface area contributed by atoms with Crippen molar-refractivity contribution in [3.8, 4) is 5.69 Å². The second-order valence-corrected chi connectivity index (χ2v) is 6.27. The standard InChI is InChI=1S/C19H14ClF4N3/c20-16-8-14(10-21)7-15(9-16)18(19(22,23)24)6-3-13-1-4-17(5-2-13)27-12-25-11-26-27/h1-9,11-12,18H,10H2/b6-3+. The maximum atomic E-state index is 13.5. The first kappa shape index (κ1) is 19.1. The summed E-state index contributed by atoms with van der Waals surface area (Å²) in [5.74, 6) is -1.89. The van der Waals surface area contributed by atoms with Gasteiger partial charge in [0.1, 0.15) is 19.3 Å². The zero-order chi connectivity index (χ0) is 19.4. The summed E-state index contributed by atoms with van der Waals surface area (Å²) in [7, 11) is 0. The monoisotopic (exact) mass is 395 g/mol. The van der Waals surface area contributed by atoms with E-state index in [9.17, 15) is 17.6 Å². The molecule has 0 bridgehead atoms. The van der Waals surface area contributed by atoms with Crippen molar-refractivity contribution >= 4 is 17.7 Å². The molecule has 1 atom stereocenters. The molecule has 0 spiro atoms. The van der Waals surface area contributed by atoms with Gasteiger partial charge in [-0.15, -0.1) is 0 Å². The minimum atomic E-state index is -4.53. The van der Waals surface area contributed by atoms with Crippen LogP contribution in [0.4, 0.5) is 17.6 Å². The summed E-state index contributed by atoms with van der Waals surface area (Å²) in [5, 5.41) is 4.05. The summed E-state index contributed by atoms with van der Waals surface area (Å²) in [6.07, 6.45) is 0.789. The van der Waals surface area contributed by atoms with Crippen LogP contribution in [0.25, 0.3) is 11.8 Å². The highest BCUT2D eigenvalue weighted by molar-refractivity contribution is 6.30. The molecule has 0 radical (unpaired) electrons. The number of aromatic nitrogens is 3. The summed E-state index contributed by atoms with van der Waals surface area (Å²) in [4.78, 5) is 3.84. The number of allylic oxidation sites excluding steroid dienone is 1. The average molecular weight is 396 g/mol. The van der Waals surface area contributed by atoms with Crippen LogP contribution < -0.4 is 0 Å². The number of alkyl halides is 4. The van der Waals surface area contributed by atoms with Gasteiger partial charge in [0.05, 0.1) is 11.6 Å². The predicted octanol–water partition coefficient (Wildman–Crippen LogP) is 5.75. The molecule has 0 amide bonds. The number of hydrogen-bond donors (Lipinski definition) is 0. The van der Waals surface area contributed by atoms with E-state index < -0.39 is 18.8 Å². The van der Waals surface area contributed by atoms with Gasteiger partial charge in [-0.05, 0) is 41.0 Å². The molecule has 0 fully saturated rings. The fourth-order valence-corrected chi connectivity index (χ4v) is 2.89. The van der Waals surface area contributed by atoms with Gasteiger partial charge >= 0.3 is 6.18 Å². The van der Waals surface area contributed by atoms with Crippen molar-refractivity contribution in [2.75, 3.05) is 0 Å². The zero-order valence-corrected chi connectivity index (χ0v) is 14.6. The first-order valence-corrected chi connectivity index (χ1v) is 8.30. The van der Waals surface area contributed by atoms with Crippen molar-refractivity contribution < 1.29 is 17.6 Å². The lowest BCUT2D eigenvalue weighted by Gasteiger charge is -2.18. The molecule has 1 unspecified atom stereocenters. The Morgan fingerprint density at radius 3 is 2.44 bits per heavy atom. The van der Waals surface area contributed by atoms with Crippen molar-refractivity contribution in [2.24, 2.45) is 0 Å². The lowest BCUT2D eigenvalue weighted by atomic mass is 9.95. The third-order valence-electron chi connectivity index (χ3n) is 3.90. The third-order valence-corrected chi connectivity index (χ3v) is 4.12. The highest BCUT2D eigenvalue weighted by Crippen LogP contribution is 2.38. The van der Waals surface area contributed by atoms with Crippen LogP contribution in [0, 0.1) is 0 Å². The maximum Gasteiger partial charge on any atom is 0.399 e. The summed E-state index contributed by atoms with van der Waals surface area (Å²) < 4.78 is 55.0. The van der Waals surface area contributed by atoms with Crippen molar-refractivity contribution in [3.05, 3.63) is 82.9 Å². The van der Waals surface area contributed by atoms with E-state index in [2.05, 4.69) is 10.1 Å². The maximum absolute atomic E-state index is 13.5. The molecule has 2 aromatic carbocycles. The molecule has 27 heavy (non-hydrogen) atoms. The number of hydrogen-bond acceptors (Lipinski definition) is 2. The Morgan fingerprint density at radius 1 is 1.11 bits per heavy atom. The molecule has 3 nitrogen and oxygen atoms in total. The summed E-state index contributed by atoms with van der Waals surface area (Å²) in [5.41, 5.74) is 1.33. The van der Waals surface area contributed by atoms with Gasteiger partial charge in [0, 0.05) is 5.02 Å². The molecule has 0 aliphatic carbocycles. The molecule has 3 rings (SSSR count). The Bertz CT molecular complexity index is 919. The van der Waals surface area contributed by atoms with Gasteiger partial charge in [0.25, 0.3) is 0 Å². The highest BCUT2D eigenvalue weighted by atomic mass is 35.5. The van der Waals surface area contributed by atoms with E-state index in [1.54, 1.807) is 24.3 Å². The van der Waals surface area contributed by atoms with E-state index >= 15 is 0 Å². The molecule has 1 heterocycles. The molecular weight excluding hydrogens is 382 g/mol. The summed E-state index contributed by atoms with van der Waals surface area (Å²) in [6.45, 7) is -0.883. The summed E-state index contributed by atoms with van der Waals surface area (Å²) >= 11 is 5.83. The van der Waals surface area contributed by atoms with E-state index in [-0.39, 0.29) is 16.1 Å². The summed E-state index contributed by atoms with van der Waals surface area (Å²) in [6, 6.07) is 10.5. The van der Waals surface area contributed by atoms with E-state index in [1.165, 1.54) is 41.6 Å². The predicted molar refractivity (Wildman–Crippen MR) is 95.5 cm³/mol.